The molecule has 6 nitrogen and oxygen atoms in total. The molecule has 4 rings (SSSR count). The minimum Gasteiger partial charge on any atom is -0.496 e. The van der Waals surface area contributed by atoms with Crippen molar-refractivity contribution >= 4 is 11.9 Å². The summed E-state index contributed by atoms with van der Waals surface area (Å²) in [7, 11) is 1.24. The lowest BCUT2D eigenvalue weighted by atomic mass is 10.1. The van der Waals surface area contributed by atoms with Crippen molar-refractivity contribution in [2.45, 2.75) is 43.7 Å². The first-order valence-corrected chi connectivity index (χ1v) is 7.61. The number of amides is 1. The van der Waals surface area contributed by atoms with Gasteiger partial charge in [-0.05, 0) is 31.4 Å². The average molecular weight is 361 g/mol. The van der Waals surface area contributed by atoms with Crippen molar-refractivity contribution in [1.82, 2.24) is 5.32 Å². The lowest BCUT2D eigenvalue weighted by molar-refractivity contribution is -0.178. The van der Waals surface area contributed by atoms with Crippen molar-refractivity contribution in [3.8, 4) is 5.75 Å². The Bertz CT molecular complexity index is 615. The van der Waals surface area contributed by atoms with E-state index in [2.05, 4.69) is 0 Å². The van der Waals surface area contributed by atoms with Crippen LogP contribution in [0.1, 0.15) is 29.6 Å². The summed E-state index contributed by atoms with van der Waals surface area (Å²) in [5.74, 6) is -3.32. The zero-order valence-corrected chi connectivity index (χ0v) is 13.4. The first kappa shape index (κ1) is 19.0. The normalized spacial score (nSPS) is 22.1. The number of ether oxygens (including phenoxy) is 2. The van der Waals surface area contributed by atoms with Crippen molar-refractivity contribution in [3.05, 3.63) is 29.8 Å². The predicted octanol–water partition coefficient (Wildman–Crippen LogP) is 2.38. The molecule has 1 aliphatic carbocycles. The number of rotatable bonds is 4. The Balaban J connectivity index is 0.000000306. The number of para-hydroxylation sites is 1. The molecule has 25 heavy (non-hydrogen) atoms. The van der Waals surface area contributed by atoms with E-state index in [1.165, 1.54) is 56.0 Å². The highest BCUT2D eigenvalue weighted by atomic mass is 19.4. The Labute approximate surface area is 141 Å². The second kappa shape index (κ2) is 7.73. The summed E-state index contributed by atoms with van der Waals surface area (Å²) in [6.07, 6.45) is 0.337. The molecular formula is C16H18F3NO5. The Morgan fingerprint density at radius 2 is 1.84 bits per heavy atom. The van der Waals surface area contributed by atoms with Crippen LogP contribution in [0.3, 0.4) is 0 Å². The molecule has 1 aromatic rings. The van der Waals surface area contributed by atoms with Crippen LogP contribution in [0.2, 0.25) is 0 Å². The molecular weight excluding hydrogens is 343 g/mol. The van der Waals surface area contributed by atoms with Crippen molar-refractivity contribution in [2.75, 3.05) is 7.11 Å². The van der Waals surface area contributed by atoms with Gasteiger partial charge in [0.2, 0.25) is 6.04 Å². The zero-order valence-electron chi connectivity index (χ0n) is 13.4. The van der Waals surface area contributed by atoms with E-state index >= 15 is 0 Å². The van der Waals surface area contributed by atoms with Gasteiger partial charge in [-0.1, -0.05) is 12.1 Å². The van der Waals surface area contributed by atoms with Gasteiger partial charge in [0.25, 0.3) is 5.91 Å². The molecule has 2 heterocycles. The maximum absolute atomic E-state index is 12.4. The number of hydrogen-bond acceptors (Lipinski definition) is 4. The molecule has 2 N–H and O–H groups in total. The number of halogens is 3. The Morgan fingerprint density at radius 1 is 1.28 bits per heavy atom. The standard InChI is InChI=1S/C11H10F3NO4.C5H8O/c1-19-7-5-3-2-4-6(7)9(16)15-8(10(17)18)11(12,13)14;1-2-5-3-4(1)6-5/h2-5,8H,1H3,(H,15,16)(H,17,18);4-5H,1-3H2. The summed E-state index contributed by atoms with van der Waals surface area (Å²) in [4.78, 5) is 22.1. The number of alkyl halides is 3. The van der Waals surface area contributed by atoms with E-state index in [1.807, 2.05) is 0 Å². The molecule has 9 heteroatoms. The van der Waals surface area contributed by atoms with Gasteiger partial charge in [-0.2, -0.15) is 13.2 Å². The lowest BCUT2D eigenvalue weighted by Crippen LogP contribution is -2.50. The highest BCUT2D eigenvalue weighted by Crippen LogP contribution is 2.36. The molecule has 3 fully saturated rings. The van der Waals surface area contributed by atoms with E-state index in [9.17, 15) is 22.8 Å². The molecule has 0 radical (unpaired) electrons. The van der Waals surface area contributed by atoms with Gasteiger partial charge in [0.1, 0.15) is 5.75 Å². The van der Waals surface area contributed by atoms with Crippen LogP contribution >= 0.6 is 0 Å². The lowest BCUT2D eigenvalue weighted by Gasteiger charge is -2.23. The second-order valence-electron chi connectivity index (χ2n) is 5.68. The fourth-order valence-corrected chi connectivity index (χ4v) is 2.62. The van der Waals surface area contributed by atoms with Gasteiger partial charge >= 0.3 is 12.1 Å². The molecule has 2 saturated heterocycles. The van der Waals surface area contributed by atoms with Crippen molar-refractivity contribution < 1.29 is 37.3 Å². The molecule has 3 aliphatic rings. The summed E-state index contributed by atoms with van der Waals surface area (Å²) < 4.78 is 47.3. The molecule has 3 atom stereocenters. The largest absolute Gasteiger partial charge is 0.496 e. The van der Waals surface area contributed by atoms with Gasteiger partial charge in [-0.25, -0.2) is 4.79 Å². The van der Waals surface area contributed by atoms with E-state index in [-0.39, 0.29) is 11.3 Å². The number of carboxylic acid groups (broad SMARTS) is 1. The monoisotopic (exact) mass is 361 g/mol. The Morgan fingerprint density at radius 3 is 2.24 bits per heavy atom. The fraction of sp³-hybridized carbons (Fsp3) is 0.500. The van der Waals surface area contributed by atoms with Crippen LogP contribution in [0.15, 0.2) is 24.3 Å². The third-order valence-electron chi connectivity index (χ3n) is 3.92. The van der Waals surface area contributed by atoms with Gasteiger partial charge in [0.05, 0.1) is 24.9 Å². The van der Waals surface area contributed by atoms with Gasteiger partial charge < -0.3 is 19.9 Å². The summed E-state index contributed by atoms with van der Waals surface area (Å²) in [6, 6.07) is 2.57. The number of carboxylic acids is 1. The van der Waals surface area contributed by atoms with E-state index in [1.54, 1.807) is 0 Å². The van der Waals surface area contributed by atoms with Gasteiger partial charge in [-0.15, -0.1) is 0 Å². The third kappa shape index (κ3) is 4.85. The van der Waals surface area contributed by atoms with Crippen LogP contribution in [0.25, 0.3) is 0 Å². The second-order valence-corrected chi connectivity index (χ2v) is 5.68. The van der Waals surface area contributed by atoms with Crippen LogP contribution in [0.5, 0.6) is 5.75 Å². The Hall–Kier alpha value is -2.29. The van der Waals surface area contributed by atoms with Gasteiger partial charge in [0, 0.05) is 0 Å². The Kier molecular flexibility index (Phi) is 5.89. The molecule has 0 spiro atoms. The smallest absolute Gasteiger partial charge is 0.419 e. The summed E-state index contributed by atoms with van der Waals surface area (Å²) in [5.41, 5.74) is -0.180. The molecule has 2 bridgehead atoms. The molecule has 0 aromatic heterocycles. The van der Waals surface area contributed by atoms with Crippen molar-refractivity contribution in [3.63, 3.8) is 0 Å². The van der Waals surface area contributed by atoms with E-state index < -0.39 is 24.1 Å². The first-order chi connectivity index (χ1) is 11.7. The van der Waals surface area contributed by atoms with Crippen molar-refractivity contribution in [1.29, 1.82) is 0 Å². The van der Waals surface area contributed by atoms with Crippen LogP contribution < -0.4 is 10.1 Å². The summed E-state index contributed by atoms with van der Waals surface area (Å²) >= 11 is 0. The number of nitrogens with one attached hydrogen (secondary N) is 1. The van der Waals surface area contributed by atoms with Crippen LogP contribution in [0, 0.1) is 0 Å². The minimum atomic E-state index is -5.08. The number of carbonyl (C=O) groups is 2. The maximum Gasteiger partial charge on any atom is 0.419 e. The number of methoxy groups -OCH3 is 1. The topological polar surface area (TPSA) is 84.9 Å². The molecule has 1 amide bonds. The van der Waals surface area contributed by atoms with E-state index in [0.29, 0.717) is 12.2 Å². The zero-order chi connectivity index (χ0) is 18.6. The molecule has 1 aromatic carbocycles. The molecule has 138 valence electrons. The highest BCUT2D eigenvalue weighted by molar-refractivity contribution is 5.99. The van der Waals surface area contributed by atoms with Crippen LogP contribution in [-0.2, 0) is 9.53 Å². The SMILES string of the molecule is C1CC2CC1O2.COc1ccccc1C(=O)NC(C(=O)O)C(F)(F)F. The predicted molar refractivity (Wildman–Crippen MR) is 80.5 cm³/mol. The quantitative estimate of drug-likeness (QED) is 0.860. The summed E-state index contributed by atoms with van der Waals surface area (Å²) in [6.45, 7) is 0. The number of fused-ring (bicyclic) bond motifs is 1. The maximum atomic E-state index is 12.4. The van der Waals surface area contributed by atoms with Gasteiger partial charge in [0.15, 0.2) is 0 Å². The van der Waals surface area contributed by atoms with Crippen molar-refractivity contribution in [2.24, 2.45) is 0 Å². The summed E-state index contributed by atoms with van der Waals surface area (Å²) in [5, 5.41) is 9.87. The van der Waals surface area contributed by atoms with Crippen LogP contribution in [-0.4, -0.2) is 48.5 Å². The highest BCUT2D eigenvalue weighted by Gasteiger charge is 2.46. The van der Waals surface area contributed by atoms with E-state index in [4.69, 9.17) is 14.6 Å². The molecule has 1 saturated carbocycles. The van der Waals surface area contributed by atoms with Crippen LogP contribution in [0.4, 0.5) is 13.2 Å². The molecule has 3 unspecified atom stereocenters. The number of aliphatic carboxylic acids is 1. The number of carbonyl (C=O) groups excluding carboxylic acids is 1. The third-order valence-corrected chi connectivity index (χ3v) is 3.92. The number of benzene rings is 1. The number of hydrogen-bond donors (Lipinski definition) is 2. The fourth-order valence-electron chi connectivity index (χ4n) is 2.62. The average Bonchev–Trinajstić information content (AvgIpc) is 3.16. The van der Waals surface area contributed by atoms with E-state index in [0.717, 1.165) is 0 Å². The molecule has 2 aliphatic heterocycles. The minimum absolute atomic E-state index is 0.0475. The van der Waals surface area contributed by atoms with Gasteiger partial charge in [-0.3, -0.25) is 4.79 Å². The first-order valence-electron chi connectivity index (χ1n) is 7.61.